The van der Waals surface area contributed by atoms with Gasteiger partial charge in [0, 0.05) is 49.4 Å². The Balaban J connectivity index is 1.13. The van der Waals surface area contributed by atoms with E-state index in [1.165, 1.54) is 60.8 Å². The van der Waals surface area contributed by atoms with Crippen LogP contribution in [0.2, 0.25) is 0 Å². The van der Waals surface area contributed by atoms with Crippen LogP contribution in [0.3, 0.4) is 0 Å². The zero-order valence-corrected chi connectivity index (χ0v) is 41.6. The Morgan fingerprint density at radius 3 is 1.68 bits per heavy atom. The van der Waals surface area contributed by atoms with Crippen LogP contribution in [0.4, 0.5) is 0 Å². The molecule has 0 saturated heterocycles. The monoisotopic (exact) mass is 948 g/mol. The Morgan fingerprint density at radius 2 is 1.08 bits per heavy atom. The Hall–Kier alpha value is -9.24. The van der Waals surface area contributed by atoms with Gasteiger partial charge in [-0.05, 0) is 123 Å². The van der Waals surface area contributed by atoms with E-state index < -0.39 is 0 Å². The van der Waals surface area contributed by atoms with Gasteiger partial charge in [-0.25, -0.2) is 0 Å². The summed E-state index contributed by atoms with van der Waals surface area (Å²) in [6.07, 6.45) is 26.7. The first-order valence-electron chi connectivity index (χ1n) is 25.7. The molecule has 0 N–H and O–H groups in total. The van der Waals surface area contributed by atoms with Gasteiger partial charge in [-0.15, -0.1) is 0 Å². The van der Waals surface area contributed by atoms with Crippen LogP contribution in [0.15, 0.2) is 297 Å². The molecule has 0 bridgehead atoms. The number of nitrogens with zero attached hydrogens (tertiary/aromatic N) is 2. The molecule has 8 aromatic carbocycles. The maximum atomic E-state index is 4.85. The number of aromatic nitrogens is 2. The summed E-state index contributed by atoms with van der Waals surface area (Å²) in [5.41, 5.74) is 21.5. The standard InChI is InChI=1S/C72H56N2/c1-5-6-23-49(2)50(3)36-37-51(4)73-70-62(34-22-35-63(70)67-47-59(53-26-14-8-15-27-53)45-64(71(67)73)56-30-18-10-19-31-56)58-40-43-69-66(44-58)68-48-60(54-28-16-9-17-29-54)46-65(57-32-20-11-21-33-57)72(68)74(69)61-41-38-55(39-42-61)52-24-12-7-13-25-52/h5-12,14-24,26-41,43-48,61H,1-4,13,25,42H2/b23-6-,37-36-. The molecule has 2 aromatic heterocycles. The van der Waals surface area contributed by atoms with Crippen LogP contribution >= 0.6 is 0 Å². The molecule has 0 amide bonds. The minimum absolute atomic E-state index is 0.115. The number of rotatable bonds is 13. The second kappa shape index (κ2) is 19.8. The van der Waals surface area contributed by atoms with E-state index >= 15 is 0 Å². The van der Waals surface area contributed by atoms with Crippen LogP contribution < -0.4 is 0 Å². The van der Waals surface area contributed by atoms with Gasteiger partial charge in [0.15, 0.2) is 0 Å². The lowest BCUT2D eigenvalue weighted by atomic mass is 9.91. The molecule has 2 aliphatic carbocycles. The summed E-state index contributed by atoms with van der Waals surface area (Å²) >= 11 is 0. The summed E-state index contributed by atoms with van der Waals surface area (Å²) in [6, 6.07) is 66.8. The number of para-hydroxylation sites is 1. The van der Waals surface area contributed by atoms with Gasteiger partial charge >= 0.3 is 0 Å². The number of benzene rings is 8. The Kier molecular flexibility index (Phi) is 12.2. The summed E-state index contributed by atoms with van der Waals surface area (Å²) in [7, 11) is 0. The number of fused-ring (bicyclic) bond motifs is 6. The molecule has 2 aliphatic rings. The van der Waals surface area contributed by atoms with Crippen molar-refractivity contribution in [3.05, 3.63) is 297 Å². The van der Waals surface area contributed by atoms with E-state index in [-0.39, 0.29) is 6.04 Å². The van der Waals surface area contributed by atoms with Crippen molar-refractivity contribution < 1.29 is 0 Å². The quantitative estimate of drug-likeness (QED) is 0.102. The third-order valence-electron chi connectivity index (χ3n) is 14.9. The van der Waals surface area contributed by atoms with Crippen LogP contribution in [-0.4, -0.2) is 9.13 Å². The normalized spacial score (nSPS) is 14.6. The molecule has 0 fully saturated rings. The van der Waals surface area contributed by atoms with Crippen molar-refractivity contribution in [3.8, 4) is 55.6 Å². The fourth-order valence-electron chi connectivity index (χ4n) is 11.2. The Bertz CT molecular complexity index is 4070. The first kappa shape index (κ1) is 45.9. The molecular weight excluding hydrogens is 893 g/mol. The maximum Gasteiger partial charge on any atom is 0.0619 e. The average molecular weight is 949 g/mol. The molecule has 10 aromatic rings. The summed E-state index contributed by atoms with van der Waals surface area (Å²) in [4.78, 5) is 0. The van der Waals surface area contributed by atoms with Gasteiger partial charge in [-0.1, -0.05) is 233 Å². The molecule has 1 atom stereocenters. The highest BCUT2D eigenvalue weighted by molar-refractivity contribution is 6.20. The van der Waals surface area contributed by atoms with E-state index in [2.05, 4.69) is 253 Å². The second-order valence-electron chi connectivity index (χ2n) is 19.4. The van der Waals surface area contributed by atoms with Gasteiger partial charge < -0.3 is 9.13 Å². The van der Waals surface area contributed by atoms with Crippen LogP contribution in [0.5, 0.6) is 0 Å². The van der Waals surface area contributed by atoms with Gasteiger partial charge in [0.25, 0.3) is 0 Å². The fourth-order valence-corrected chi connectivity index (χ4v) is 11.2. The Labute approximate surface area is 434 Å². The van der Waals surface area contributed by atoms with Gasteiger partial charge in [0.1, 0.15) is 0 Å². The second-order valence-corrected chi connectivity index (χ2v) is 19.4. The third kappa shape index (κ3) is 8.41. The largest absolute Gasteiger partial charge is 0.333 e. The average Bonchev–Trinajstić information content (AvgIpc) is 4.03. The zero-order chi connectivity index (χ0) is 50.1. The first-order chi connectivity index (χ1) is 36.4. The molecule has 0 spiro atoms. The minimum atomic E-state index is 0.115. The van der Waals surface area contributed by atoms with Crippen LogP contribution in [0, 0.1) is 0 Å². The minimum Gasteiger partial charge on any atom is -0.333 e. The van der Waals surface area contributed by atoms with Crippen LogP contribution in [0.1, 0.15) is 25.3 Å². The first-order valence-corrected chi connectivity index (χ1v) is 25.7. The van der Waals surface area contributed by atoms with E-state index in [1.54, 1.807) is 6.08 Å². The lowest BCUT2D eigenvalue weighted by Crippen LogP contribution is -2.09. The van der Waals surface area contributed by atoms with Crippen molar-refractivity contribution in [1.82, 2.24) is 9.13 Å². The zero-order valence-electron chi connectivity index (χ0n) is 41.6. The molecule has 12 rings (SSSR count). The summed E-state index contributed by atoms with van der Waals surface area (Å²) in [6.45, 7) is 17.4. The predicted molar refractivity (Wildman–Crippen MR) is 319 cm³/mol. The van der Waals surface area contributed by atoms with Crippen molar-refractivity contribution in [1.29, 1.82) is 0 Å². The molecule has 74 heavy (non-hydrogen) atoms. The van der Waals surface area contributed by atoms with Gasteiger partial charge in [0.05, 0.1) is 22.6 Å². The maximum absolute atomic E-state index is 4.85. The molecule has 0 aliphatic heterocycles. The van der Waals surface area contributed by atoms with E-state index in [0.717, 1.165) is 85.7 Å². The molecular formula is C72H56N2. The highest BCUT2D eigenvalue weighted by Gasteiger charge is 2.25. The highest BCUT2D eigenvalue weighted by Crippen LogP contribution is 2.47. The van der Waals surface area contributed by atoms with Gasteiger partial charge in [-0.2, -0.15) is 0 Å². The van der Waals surface area contributed by atoms with Crippen molar-refractivity contribution in [2.75, 3.05) is 0 Å². The molecule has 2 heteroatoms. The molecule has 0 saturated carbocycles. The number of hydrogen-bond acceptors (Lipinski definition) is 0. The van der Waals surface area contributed by atoms with Crippen molar-refractivity contribution in [2.45, 2.75) is 25.3 Å². The number of hydrogen-bond donors (Lipinski definition) is 0. The third-order valence-corrected chi connectivity index (χ3v) is 14.9. The molecule has 2 nitrogen and oxygen atoms in total. The van der Waals surface area contributed by atoms with Gasteiger partial charge in [-0.3, -0.25) is 0 Å². The summed E-state index contributed by atoms with van der Waals surface area (Å²) in [5, 5.41) is 4.75. The highest BCUT2D eigenvalue weighted by atomic mass is 15.0. The molecule has 2 heterocycles. The smallest absolute Gasteiger partial charge is 0.0619 e. The van der Waals surface area contributed by atoms with Gasteiger partial charge in [0.2, 0.25) is 0 Å². The lowest BCUT2D eigenvalue weighted by molar-refractivity contribution is 0.645. The summed E-state index contributed by atoms with van der Waals surface area (Å²) < 4.78 is 5.00. The summed E-state index contributed by atoms with van der Waals surface area (Å²) in [5.74, 6) is 0. The lowest BCUT2D eigenvalue weighted by Gasteiger charge is -2.23. The van der Waals surface area contributed by atoms with Crippen LogP contribution in [0.25, 0.3) is 105 Å². The van der Waals surface area contributed by atoms with E-state index in [4.69, 9.17) is 6.58 Å². The van der Waals surface area contributed by atoms with E-state index in [1.807, 2.05) is 18.2 Å². The van der Waals surface area contributed by atoms with E-state index in [0.29, 0.717) is 0 Å². The molecule has 354 valence electrons. The van der Waals surface area contributed by atoms with Crippen molar-refractivity contribution in [2.24, 2.45) is 0 Å². The Morgan fingerprint density at radius 1 is 0.500 bits per heavy atom. The number of allylic oxidation sites excluding steroid dienone is 16. The van der Waals surface area contributed by atoms with Crippen LogP contribution in [-0.2, 0) is 0 Å². The van der Waals surface area contributed by atoms with E-state index in [9.17, 15) is 0 Å². The molecule has 1 unspecified atom stereocenters. The topological polar surface area (TPSA) is 9.86 Å². The fraction of sp³-hybridized carbons (Fsp3) is 0.0556. The molecule has 0 radical (unpaired) electrons. The SMILES string of the molecule is C=C/C=C\C(=C)C(=C)/C=C\C(=C)n1c2c(-c3ccc4c(c3)c3cc(-c5ccccc5)cc(-c5ccccc5)c3n4C3C=CC(C4=CC=CCC4)=CC3)cccc2c2cc(-c3ccccc3)cc(-c3ccccc3)c21. The van der Waals surface area contributed by atoms with Crippen molar-refractivity contribution in [3.63, 3.8) is 0 Å². The predicted octanol–water partition coefficient (Wildman–Crippen LogP) is 19.8. The van der Waals surface area contributed by atoms with Crippen molar-refractivity contribution >= 4 is 49.3 Å².